The van der Waals surface area contributed by atoms with E-state index in [1.807, 2.05) is 31.2 Å². The van der Waals surface area contributed by atoms with Crippen LogP contribution in [0.4, 0.5) is 5.69 Å². The molecular weight excluding hydrogens is 242 g/mol. The van der Waals surface area contributed by atoms with Gasteiger partial charge in [-0.05, 0) is 31.1 Å². The van der Waals surface area contributed by atoms with Gasteiger partial charge >= 0.3 is 0 Å². The fourth-order valence-electron chi connectivity index (χ4n) is 2.54. The van der Waals surface area contributed by atoms with Gasteiger partial charge in [0.2, 0.25) is 0 Å². The summed E-state index contributed by atoms with van der Waals surface area (Å²) < 4.78 is 0. The third kappa shape index (κ3) is 1.97. The van der Waals surface area contributed by atoms with Gasteiger partial charge in [0.05, 0.1) is 0 Å². The van der Waals surface area contributed by atoms with Crippen molar-refractivity contribution in [3.05, 3.63) is 42.0 Å². The minimum atomic E-state index is -0.689. The SMILES string of the molecule is CC1Cc2ccccc2N1C(=O)C1C=CC(=O)N=N1. The Kier molecular flexibility index (Phi) is 2.74. The standard InChI is InChI=1S/C14H13N3O2/c1-9-8-10-4-2-3-5-12(10)17(9)14(19)11-6-7-13(18)16-15-11/h2-7,9,11H,8H2,1H3. The second-order valence-corrected chi connectivity index (χ2v) is 4.75. The predicted octanol–water partition coefficient (Wildman–Crippen LogP) is 1.88. The molecular formula is C14H13N3O2. The smallest absolute Gasteiger partial charge is 0.287 e. The van der Waals surface area contributed by atoms with Crippen LogP contribution in [0.1, 0.15) is 12.5 Å². The van der Waals surface area contributed by atoms with E-state index in [0.29, 0.717) is 0 Å². The average molecular weight is 255 g/mol. The fraction of sp³-hybridized carbons (Fsp3) is 0.286. The first-order chi connectivity index (χ1) is 9.16. The van der Waals surface area contributed by atoms with Crippen LogP contribution in [0.25, 0.3) is 0 Å². The van der Waals surface area contributed by atoms with Gasteiger partial charge in [0.15, 0.2) is 6.04 Å². The number of benzene rings is 1. The molecule has 1 aromatic rings. The molecule has 0 saturated carbocycles. The first-order valence-corrected chi connectivity index (χ1v) is 6.21. The Balaban J connectivity index is 1.90. The normalized spacial score (nSPS) is 24.7. The van der Waals surface area contributed by atoms with Crippen LogP contribution in [-0.4, -0.2) is 23.9 Å². The van der Waals surface area contributed by atoms with Crippen LogP contribution in [-0.2, 0) is 16.0 Å². The summed E-state index contributed by atoms with van der Waals surface area (Å²) in [7, 11) is 0. The van der Waals surface area contributed by atoms with E-state index in [2.05, 4.69) is 10.2 Å². The van der Waals surface area contributed by atoms with Gasteiger partial charge in [0.25, 0.3) is 11.8 Å². The molecule has 1 aromatic carbocycles. The third-order valence-electron chi connectivity index (χ3n) is 3.40. The van der Waals surface area contributed by atoms with Gasteiger partial charge in [-0.15, -0.1) is 5.11 Å². The minimum absolute atomic E-state index is 0.103. The number of carbonyl (C=O) groups is 2. The number of rotatable bonds is 1. The lowest BCUT2D eigenvalue weighted by Crippen LogP contribution is -2.41. The lowest BCUT2D eigenvalue weighted by atomic mass is 10.1. The van der Waals surface area contributed by atoms with E-state index >= 15 is 0 Å². The Labute approximate surface area is 110 Å². The van der Waals surface area contributed by atoms with Crippen molar-refractivity contribution in [3.8, 4) is 0 Å². The molecule has 2 amide bonds. The minimum Gasteiger partial charge on any atom is -0.307 e. The fourth-order valence-corrected chi connectivity index (χ4v) is 2.54. The number of hydrogen-bond donors (Lipinski definition) is 0. The lowest BCUT2D eigenvalue weighted by Gasteiger charge is -2.24. The molecule has 2 atom stereocenters. The maximum absolute atomic E-state index is 12.5. The average Bonchev–Trinajstić information content (AvgIpc) is 2.74. The van der Waals surface area contributed by atoms with E-state index in [0.717, 1.165) is 17.7 Å². The van der Waals surface area contributed by atoms with Gasteiger partial charge in [0, 0.05) is 17.8 Å². The van der Waals surface area contributed by atoms with E-state index in [4.69, 9.17) is 0 Å². The molecule has 0 aromatic heterocycles. The maximum atomic E-state index is 12.5. The molecule has 2 aliphatic rings. The summed E-state index contributed by atoms with van der Waals surface area (Å²) in [6.07, 6.45) is 3.64. The van der Waals surface area contributed by atoms with E-state index in [1.165, 1.54) is 12.2 Å². The van der Waals surface area contributed by atoms with Crippen LogP contribution in [0.5, 0.6) is 0 Å². The predicted molar refractivity (Wildman–Crippen MR) is 69.9 cm³/mol. The van der Waals surface area contributed by atoms with Crippen LogP contribution >= 0.6 is 0 Å². The van der Waals surface area contributed by atoms with Crippen LogP contribution < -0.4 is 4.90 Å². The molecule has 5 heteroatoms. The highest BCUT2D eigenvalue weighted by molar-refractivity contribution is 6.02. The number of amides is 2. The molecule has 0 fully saturated rings. The van der Waals surface area contributed by atoms with E-state index < -0.39 is 11.9 Å². The Morgan fingerprint density at radius 1 is 1.37 bits per heavy atom. The summed E-state index contributed by atoms with van der Waals surface area (Å²) in [5.74, 6) is -0.552. The largest absolute Gasteiger partial charge is 0.307 e. The summed E-state index contributed by atoms with van der Waals surface area (Å²) in [5.41, 5.74) is 2.09. The van der Waals surface area contributed by atoms with Crippen molar-refractivity contribution in [2.75, 3.05) is 4.90 Å². The van der Waals surface area contributed by atoms with Crippen molar-refractivity contribution >= 4 is 17.5 Å². The first-order valence-electron chi connectivity index (χ1n) is 6.21. The maximum Gasteiger partial charge on any atom is 0.287 e. The molecule has 0 radical (unpaired) electrons. The van der Waals surface area contributed by atoms with Gasteiger partial charge in [-0.1, -0.05) is 18.2 Å². The van der Waals surface area contributed by atoms with Crippen molar-refractivity contribution < 1.29 is 9.59 Å². The molecule has 19 heavy (non-hydrogen) atoms. The Morgan fingerprint density at radius 2 is 2.16 bits per heavy atom. The number of fused-ring (bicyclic) bond motifs is 1. The van der Waals surface area contributed by atoms with Gasteiger partial charge in [-0.3, -0.25) is 9.59 Å². The Bertz CT molecular complexity index is 590. The molecule has 2 unspecified atom stereocenters. The molecule has 0 bridgehead atoms. The highest BCUT2D eigenvalue weighted by atomic mass is 16.2. The summed E-state index contributed by atoms with van der Waals surface area (Å²) in [6.45, 7) is 2.01. The molecule has 2 aliphatic heterocycles. The van der Waals surface area contributed by atoms with Gasteiger partial charge in [-0.25, -0.2) is 0 Å². The molecule has 5 nitrogen and oxygen atoms in total. The number of nitrogens with zero attached hydrogens (tertiary/aromatic N) is 3. The number of hydrogen-bond acceptors (Lipinski definition) is 3. The van der Waals surface area contributed by atoms with Crippen molar-refractivity contribution in [1.82, 2.24) is 0 Å². The van der Waals surface area contributed by atoms with Crippen molar-refractivity contribution in [2.24, 2.45) is 10.2 Å². The van der Waals surface area contributed by atoms with Crippen molar-refractivity contribution in [3.63, 3.8) is 0 Å². The zero-order valence-electron chi connectivity index (χ0n) is 10.5. The molecule has 0 spiro atoms. The van der Waals surface area contributed by atoms with E-state index in [-0.39, 0.29) is 11.9 Å². The highest BCUT2D eigenvalue weighted by Gasteiger charge is 2.34. The van der Waals surface area contributed by atoms with Crippen LogP contribution in [0.2, 0.25) is 0 Å². The molecule has 0 aliphatic carbocycles. The summed E-state index contributed by atoms with van der Waals surface area (Å²) in [4.78, 5) is 25.2. The van der Waals surface area contributed by atoms with Crippen molar-refractivity contribution in [2.45, 2.75) is 25.4 Å². The second kappa shape index (κ2) is 4.42. The number of carbonyl (C=O) groups excluding carboxylic acids is 2. The van der Waals surface area contributed by atoms with Crippen LogP contribution in [0.15, 0.2) is 46.6 Å². The highest BCUT2D eigenvalue weighted by Crippen LogP contribution is 2.32. The van der Waals surface area contributed by atoms with Crippen LogP contribution in [0.3, 0.4) is 0 Å². The van der Waals surface area contributed by atoms with Gasteiger partial charge in [-0.2, -0.15) is 5.11 Å². The number of anilines is 1. The summed E-state index contributed by atoms with van der Waals surface area (Å²) in [6, 6.07) is 7.27. The lowest BCUT2D eigenvalue weighted by molar-refractivity contribution is -0.119. The zero-order valence-corrected chi connectivity index (χ0v) is 10.5. The zero-order chi connectivity index (χ0) is 13.4. The number of para-hydroxylation sites is 1. The van der Waals surface area contributed by atoms with Crippen LogP contribution in [0, 0.1) is 0 Å². The topological polar surface area (TPSA) is 62.1 Å². The molecule has 0 saturated heterocycles. The molecule has 0 N–H and O–H groups in total. The van der Waals surface area contributed by atoms with E-state index in [9.17, 15) is 9.59 Å². The monoisotopic (exact) mass is 255 g/mol. The van der Waals surface area contributed by atoms with Gasteiger partial charge < -0.3 is 4.90 Å². The summed E-state index contributed by atoms with van der Waals surface area (Å²) in [5, 5.41) is 7.20. The van der Waals surface area contributed by atoms with E-state index in [1.54, 1.807) is 4.90 Å². The third-order valence-corrected chi connectivity index (χ3v) is 3.40. The molecule has 96 valence electrons. The molecule has 2 heterocycles. The second-order valence-electron chi connectivity index (χ2n) is 4.75. The quantitative estimate of drug-likeness (QED) is 0.769. The first kappa shape index (κ1) is 11.8. The number of azo groups is 1. The Morgan fingerprint density at radius 3 is 2.89 bits per heavy atom. The van der Waals surface area contributed by atoms with Crippen molar-refractivity contribution in [1.29, 1.82) is 0 Å². The van der Waals surface area contributed by atoms with Gasteiger partial charge in [0.1, 0.15) is 0 Å². The summed E-state index contributed by atoms with van der Waals surface area (Å²) >= 11 is 0. The molecule has 3 rings (SSSR count). The Hall–Kier alpha value is -2.30.